The number of anilines is 2. The van der Waals surface area contributed by atoms with Crippen LogP contribution in [0, 0.1) is 19.7 Å². The van der Waals surface area contributed by atoms with Crippen LogP contribution in [0.1, 0.15) is 16.7 Å². The molecule has 0 unspecified atom stereocenters. The third kappa shape index (κ3) is 4.64. The summed E-state index contributed by atoms with van der Waals surface area (Å²) in [6.07, 6.45) is 1.85. The van der Waals surface area contributed by atoms with Gasteiger partial charge in [-0.25, -0.2) is 4.39 Å². The molecule has 0 saturated carbocycles. The Morgan fingerprint density at radius 1 is 1.04 bits per heavy atom. The fraction of sp³-hybridized carbons (Fsp3) is 0.158. The quantitative estimate of drug-likeness (QED) is 0.677. The molecule has 0 fully saturated rings. The van der Waals surface area contributed by atoms with Gasteiger partial charge in [0.1, 0.15) is 5.82 Å². The number of rotatable bonds is 4. The lowest BCUT2D eigenvalue weighted by Gasteiger charge is -2.10. The fourth-order valence-corrected chi connectivity index (χ4v) is 2.61. The van der Waals surface area contributed by atoms with Crippen LogP contribution in [0.2, 0.25) is 0 Å². The largest absolute Gasteiger partial charge is 0.332 e. The highest BCUT2D eigenvalue weighted by molar-refractivity contribution is 7.80. The minimum Gasteiger partial charge on any atom is -0.332 e. The lowest BCUT2D eigenvalue weighted by Crippen LogP contribution is -2.19. The van der Waals surface area contributed by atoms with Crippen molar-refractivity contribution in [2.45, 2.75) is 20.4 Å². The average molecular weight is 354 g/mol. The Hall–Kier alpha value is -2.73. The van der Waals surface area contributed by atoms with Crippen molar-refractivity contribution in [3.8, 4) is 0 Å². The second-order valence-corrected chi connectivity index (χ2v) is 6.31. The van der Waals surface area contributed by atoms with Gasteiger partial charge < -0.3 is 10.6 Å². The van der Waals surface area contributed by atoms with Crippen molar-refractivity contribution in [2.75, 3.05) is 10.6 Å². The molecule has 6 heteroatoms. The van der Waals surface area contributed by atoms with Crippen molar-refractivity contribution in [1.29, 1.82) is 0 Å². The zero-order chi connectivity index (χ0) is 17.8. The molecule has 0 aliphatic carbocycles. The van der Waals surface area contributed by atoms with Crippen molar-refractivity contribution in [3.05, 3.63) is 77.2 Å². The SMILES string of the molecule is Cc1ccc(NC(=S)Nc2ccn(Cc3ccc(F)cc3)n2)cc1C. The topological polar surface area (TPSA) is 41.9 Å². The summed E-state index contributed by atoms with van der Waals surface area (Å²) in [5.41, 5.74) is 4.36. The predicted molar refractivity (Wildman–Crippen MR) is 103 cm³/mol. The van der Waals surface area contributed by atoms with Crippen LogP contribution in [0.15, 0.2) is 54.7 Å². The molecular weight excluding hydrogens is 335 g/mol. The second-order valence-electron chi connectivity index (χ2n) is 5.90. The number of thiocarbonyl (C=S) groups is 1. The van der Waals surface area contributed by atoms with Gasteiger partial charge in [-0.2, -0.15) is 5.10 Å². The minimum atomic E-state index is -0.241. The Labute approximate surface area is 151 Å². The van der Waals surface area contributed by atoms with E-state index in [4.69, 9.17) is 12.2 Å². The van der Waals surface area contributed by atoms with E-state index < -0.39 is 0 Å². The fourth-order valence-electron chi connectivity index (χ4n) is 2.39. The summed E-state index contributed by atoms with van der Waals surface area (Å²) in [5.74, 6) is 0.415. The third-order valence-electron chi connectivity index (χ3n) is 3.90. The van der Waals surface area contributed by atoms with Crippen LogP contribution in [0.5, 0.6) is 0 Å². The molecule has 0 aliphatic rings. The van der Waals surface area contributed by atoms with Crippen LogP contribution in [0.3, 0.4) is 0 Å². The van der Waals surface area contributed by atoms with Crippen LogP contribution in [-0.2, 0) is 6.54 Å². The summed E-state index contributed by atoms with van der Waals surface area (Å²) in [4.78, 5) is 0. The Morgan fingerprint density at radius 3 is 2.52 bits per heavy atom. The van der Waals surface area contributed by atoms with E-state index >= 15 is 0 Å². The van der Waals surface area contributed by atoms with E-state index in [1.54, 1.807) is 16.8 Å². The first-order valence-electron chi connectivity index (χ1n) is 7.93. The Morgan fingerprint density at radius 2 is 1.80 bits per heavy atom. The zero-order valence-corrected chi connectivity index (χ0v) is 14.9. The molecule has 1 heterocycles. The number of aromatic nitrogens is 2. The van der Waals surface area contributed by atoms with Crippen molar-refractivity contribution in [1.82, 2.24) is 9.78 Å². The van der Waals surface area contributed by atoms with Gasteiger partial charge in [-0.1, -0.05) is 18.2 Å². The maximum Gasteiger partial charge on any atom is 0.176 e. The van der Waals surface area contributed by atoms with Gasteiger partial charge in [-0.05, 0) is 67.0 Å². The molecule has 25 heavy (non-hydrogen) atoms. The molecule has 1 aromatic heterocycles. The van der Waals surface area contributed by atoms with Crippen molar-refractivity contribution in [3.63, 3.8) is 0 Å². The molecule has 0 saturated heterocycles. The molecule has 0 bridgehead atoms. The number of hydrogen-bond donors (Lipinski definition) is 2. The number of nitrogens with zero attached hydrogens (tertiary/aromatic N) is 2. The number of nitrogens with one attached hydrogen (secondary N) is 2. The van der Waals surface area contributed by atoms with Crippen LogP contribution >= 0.6 is 12.2 Å². The Kier molecular flexibility index (Phi) is 5.09. The molecule has 0 radical (unpaired) electrons. The standard InChI is InChI=1S/C19H19FN4S/c1-13-3-8-17(11-14(13)2)21-19(25)22-18-9-10-24(23-18)12-15-4-6-16(20)7-5-15/h3-11H,12H2,1-2H3,(H2,21,22,23,25). The molecular formula is C19H19FN4S. The highest BCUT2D eigenvalue weighted by Gasteiger charge is 2.04. The normalized spacial score (nSPS) is 10.5. The number of hydrogen-bond acceptors (Lipinski definition) is 2. The molecule has 0 amide bonds. The first-order valence-corrected chi connectivity index (χ1v) is 8.33. The monoisotopic (exact) mass is 354 g/mol. The second kappa shape index (κ2) is 7.44. The van der Waals surface area contributed by atoms with Gasteiger partial charge in [0, 0.05) is 18.0 Å². The van der Waals surface area contributed by atoms with E-state index in [9.17, 15) is 4.39 Å². The lowest BCUT2D eigenvalue weighted by molar-refractivity contribution is 0.624. The summed E-state index contributed by atoms with van der Waals surface area (Å²) < 4.78 is 14.7. The smallest absolute Gasteiger partial charge is 0.176 e. The van der Waals surface area contributed by atoms with Gasteiger partial charge in [-0.15, -0.1) is 0 Å². The van der Waals surface area contributed by atoms with E-state index in [1.165, 1.54) is 23.3 Å². The summed E-state index contributed by atoms with van der Waals surface area (Å²) in [7, 11) is 0. The van der Waals surface area contributed by atoms with Gasteiger partial charge >= 0.3 is 0 Å². The number of aryl methyl sites for hydroxylation is 2. The van der Waals surface area contributed by atoms with Crippen molar-refractivity contribution in [2.24, 2.45) is 0 Å². The summed E-state index contributed by atoms with van der Waals surface area (Å²) >= 11 is 5.33. The molecule has 3 aromatic rings. The van der Waals surface area contributed by atoms with E-state index in [1.807, 2.05) is 18.3 Å². The number of benzene rings is 2. The summed E-state index contributed by atoms with van der Waals surface area (Å²) in [6.45, 7) is 4.71. The van der Waals surface area contributed by atoms with Crippen molar-refractivity contribution < 1.29 is 4.39 Å². The Bertz CT molecular complexity index is 887. The van der Waals surface area contributed by atoms with Gasteiger partial charge in [-0.3, -0.25) is 4.68 Å². The molecule has 4 nitrogen and oxygen atoms in total. The molecule has 3 rings (SSSR count). The van der Waals surface area contributed by atoms with Crippen LogP contribution in [0.4, 0.5) is 15.9 Å². The maximum atomic E-state index is 12.9. The van der Waals surface area contributed by atoms with E-state index in [0.29, 0.717) is 17.5 Å². The zero-order valence-electron chi connectivity index (χ0n) is 14.1. The molecule has 0 spiro atoms. The van der Waals surface area contributed by atoms with Crippen LogP contribution in [-0.4, -0.2) is 14.9 Å². The van der Waals surface area contributed by atoms with Gasteiger partial charge in [0.05, 0.1) is 6.54 Å². The van der Waals surface area contributed by atoms with Gasteiger partial charge in [0.25, 0.3) is 0 Å². The molecule has 128 valence electrons. The molecule has 2 N–H and O–H groups in total. The van der Waals surface area contributed by atoms with Gasteiger partial charge in [0.2, 0.25) is 0 Å². The van der Waals surface area contributed by atoms with Gasteiger partial charge in [0.15, 0.2) is 10.9 Å². The lowest BCUT2D eigenvalue weighted by atomic mass is 10.1. The first-order chi connectivity index (χ1) is 12.0. The average Bonchev–Trinajstić information content (AvgIpc) is 3.00. The van der Waals surface area contributed by atoms with Crippen molar-refractivity contribution >= 4 is 28.8 Å². The summed E-state index contributed by atoms with van der Waals surface area (Å²) in [5, 5.41) is 11.1. The summed E-state index contributed by atoms with van der Waals surface area (Å²) in [6, 6.07) is 14.3. The first kappa shape index (κ1) is 17.1. The molecule has 2 aromatic carbocycles. The third-order valence-corrected chi connectivity index (χ3v) is 4.11. The number of halogens is 1. The highest BCUT2D eigenvalue weighted by atomic mass is 32.1. The Balaban J connectivity index is 1.59. The minimum absolute atomic E-state index is 0.241. The molecule has 0 atom stereocenters. The van der Waals surface area contributed by atoms with E-state index in [2.05, 4.69) is 41.7 Å². The van der Waals surface area contributed by atoms with E-state index in [0.717, 1.165) is 11.3 Å². The highest BCUT2D eigenvalue weighted by Crippen LogP contribution is 2.15. The van der Waals surface area contributed by atoms with Crippen LogP contribution in [0.25, 0.3) is 0 Å². The van der Waals surface area contributed by atoms with Crippen LogP contribution < -0.4 is 10.6 Å². The predicted octanol–water partition coefficient (Wildman–Crippen LogP) is 4.50. The maximum absolute atomic E-state index is 12.9. The van der Waals surface area contributed by atoms with E-state index in [-0.39, 0.29) is 5.82 Å². The molecule has 0 aliphatic heterocycles.